The average Bonchev–Trinajstić information content (AvgIpc) is 2.18. The summed E-state index contributed by atoms with van der Waals surface area (Å²) in [5.74, 6) is 0.596. The fourth-order valence-corrected chi connectivity index (χ4v) is 2.17. The number of aliphatic hydroxyl groups excluding tert-OH is 1. The zero-order valence-corrected chi connectivity index (χ0v) is 8.54. The van der Waals surface area contributed by atoms with Crippen LogP contribution in [0.4, 0.5) is 0 Å². The van der Waals surface area contributed by atoms with Gasteiger partial charge in [0.25, 0.3) is 0 Å². The molecule has 1 aliphatic rings. The van der Waals surface area contributed by atoms with Crippen LogP contribution in [-0.2, 0) is 4.79 Å². The maximum Gasteiger partial charge on any atom is 0.231 e. The predicted molar refractivity (Wildman–Crippen MR) is 54.6 cm³/mol. The van der Waals surface area contributed by atoms with Crippen LogP contribution in [-0.4, -0.2) is 30.7 Å². The first-order valence-corrected chi connectivity index (χ1v) is 5.34. The van der Waals surface area contributed by atoms with Crippen molar-refractivity contribution in [1.29, 1.82) is 0 Å². The van der Waals surface area contributed by atoms with Crippen LogP contribution >= 0.6 is 0 Å². The normalized spacial score (nSPS) is 27.5. The first-order chi connectivity index (χ1) is 6.74. The van der Waals surface area contributed by atoms with Crippen LogP contribution in [0.3, 0.4) is 0 Å². The Kier molecular flexibility index (Phi) is 4.90. The lowest BCUT2D eigenvalue weighted by Crippen LogP contribution is -2.36. The third kappa shape index (κ3) is 3.64. The monoisotopic (exact) mass is 200 g/mol. The molecule has 0 aromatic carbocycles. The second-order valence-electron chi connectivity index (χ2n) is 4.08. The molecule has 0 spiro atoms. The molecule has 1 amide bonds. The lowest BCUT2D eigenvalue weighted by molar-refractivity contribution is -0.117. The molecule has 14 heavy (non-hydrogen) atoms. The summed E-state index contributed by atoms with van der Waals surface area (Å²) in [6.45, 7) is 1.31. The fraction of sp³-hybridized carbons (Fsp3) is 0.900. The molecule has 4 N–H and O–H groups in total. The standard InChI is InChI=1S/C10H20N2O2/c11-10(14)6-12-5-8-3-1-2-4-9(8)7-13/h8-9,12-13H,1-7H2,(H2,11,14). The molecule has 1 saturated carbocycles. The molecule has 0 saturated heterocycles. The smallest absolute Gasteiger partial charge is 0.231 e. The minimum atomic E-state index is -0.318. The molecule has 0 aliphatic heterocycles. The molecule has 1 fully saturated rings. The van der Waals surface area contributed by atoms with E-state index in [9.17, 15) is 4.79 Å². The van der Waals surface area contributed by atoms with E-state index in [2.05, 4.69) is 5.32 Å². The highest BCUT2D eigenvalue weighted by molar-refractivity contribution is 5.75. The second kappa shape index (κ2) is 5.98. The van der Waals surface area contributed by atoms with Crippen molar-refractivity contribution in [1.82, 2.24) is 5.32 Å². The Hall–Kier alpha value is -0.610. The Bertz CT molecular complexity index is 185. The number of nitrogens with one attached hydrogen (secondary N) is 1. The molecule has 82 valence electrons. The quantitative estimate of drug-likeness (QED) is 0.578. The Morgan fingerprint density at radius 2 is 2.00 bits per heavy atom. The molecule has 0 aromatic rings. The molecular weight excluding hydrogens is 180 g/mol. The van der Waals surface area contributed by atoms with Crippen molar-refractivity contribution in [2.45, 2.75) is 25.7 Å². The number of hydrogen-bond donors (Lipinski definition) is 3. The van der Waals surface area contributed by atoms with Crippen molar-refractivity contribution in [2.24, 2.45) is 17.6 Å². The van der Waals surface area contributed by atoms with Gasteiger partial charge >= 0.3 is 0 Å². The van der Waals surface area contributed by atoms with E-state index in [1.54, 1.807) is 0 Å². The van der Waals surface area contributed by atoms with Crippen LogP contribution < -0.4 is 11.1 Å². The minimum absolute atomic E-state index is 0.245. The molecule has 0 aromatic heterocycles. The Morgan fingerprint density at radius 1 is 1.36 bits per heavy atom. The highest BCUT2D eigenvalue weighted by Crippen LogP contribution is 2.28. The van der Waals surface area contributed by atoms with Gasteiger partial charge in [-0.05, 0) is 31.2 Å². The highest BCUT2D eigenvalue weighted by atomic mass is 16.3. The van der Waals surface area contributed by atoms with Gasteiger partial charge in [0.1, 0.15) is 0 Å². The number of carbonyl (C=O) groups is 1. The molecule has 0 radical (unpaired) electrons. The van der Waals surface area contributed by atoms with Gasteiger partial charge in [0.2, 0.25) is 5.91 Å². The van der Waals surface area contributed by atoms with Crippen molar-refractivity contribution >= 4 is 5.91 Å². The van der Waals surface area contributed by atoms with Gasteiger partial charge in [-0.2, -0.15) is 0 Å². The summed E-state index contributed by atoms with van der Waals surface area (Å²) >= 11 is 0. The predicted octanol–water partition coefficient (Wildman–Crippen LogP) is -0.140. The van der Waals surface area contributed by atoms with Gasteiger partial charge in [-0.3, -0.25) is 4.79 Å². The minimum Gasteiger partial charge on any atom is -0.396 e. The third-order valence-electron chi connectivity index (χ3n) is 3.01. The maximum absolute atomic E-state index is 10.5. The van der Waals surface area contributed by atoms with E-state index in [0.717, 1.165) is 19.4 Å². The lowest BCUT2D eigenvalue weighted by Gasteiger charge is -2.30. The average molecular weight is 200 g/mol. The van der Waals surface area contributed by atoms with Crippen LogP contribution in [0.1, 0.15) is 25.7 Å². The van der Waals surface area contributed by atoms with Gasteiger partial charge in [-0.25, -0.2) is 0 Å². The number of hydrogen-bond acceptors (Lipinski definition) is 3. The molecule has 4 heteroatoms. The van der Waals surface area contributed by atoms with Crippen molar-refractivity contribution < 1.29 is 9.90 Å². The van der Waals surface area contributed by atoms with Crippen LogP contribution in [0.5, 0.6) is 0 Å². The van der Waals surface area contributed by atoms with E-state index < -0.39 is 0 Å². The van der Waals surface area contributed by atoms with Crippen LogP contribution in [0.25, 0.3) is 0 Å². The number of primary amides is 1. The van der Waals surface area contributed by atoms with Gasteiger partial charge in [0.05, 0.1) is 6.54 Å². The maximum atomic E-state index is 10.5. The number of amides is 1. The first-order valence-electron chi connectivity index (χ1n) is 5.34. The van der Waals surface area contributed by atoms with E-state index in [-0.39, 0.29) is 19.1 Å². The van der Waals surface area contributed by atoms with E-state index >= 15 is 0 Å². The van der Waals surface area contributed by atoms with Crippen molar-refractivity contribution in [2.75, 3.05) is 19.7 Å². The number of carbonyl (C=O) groups excluding carboxylic acids is 1. The van der Waals surface area contributed by atoms with Crippen LogP contribution in [0, 0.1) is 11.8 Å². The van der Waals surface area contributed by atoms with Crippen LogP contribution in [0.15, 0.2) is 0 Å². The molecule has 4 nitrogen and oxygen atoms in total. The van der Waals surface area contributed by atoms with Crippen molar-refractivity contribution in [3.05, 3.63) is 0 Å². The molecule has 1 aliphatic carbocycles. The Balaban J connectivity index is 2.22. The molecule has 2 unspecified atom stereocenters. The highest BCUT2D eigenvalue weighted by Gasteiger charge is 2.23. The summed E-state index contributed by atoms with van der Waals surface area (Å²) in [4.78, 5) is 10.5. The summed E-state index contributed by atoms with van der Waals surface area (Å²) in [5, 5.41) is 12.2. The number of aliphatic hydroxyl groups is 1. The van der Waals surface area contributed by atoms with Gasteiger partial charge < -0.3 is 16.2 Å². The second-order valence-corrected chi connectivity index (χ2v) is 4.08. The SMILES string of the molecule is NC(=O)CNCC1CCCCC1CO. The summed E-state index contributed by atoms with van der Waals surface area (Å²) in [5.41, 5.74) is 5.02. The summed E-state index contributed by atoms with van der Waals surface area (Å²) < 4.78 is 0. The molecule has 1 rings (SSSR count). The van der Waals surface area contributed by atoms with Crippen molar-refractivity contribution in [3.63, 3.8) is 0 Å². The zero-order valence-electron chi connectivity index (χ0n) is 8.54. The summed E-state index contributed by atoms with van der Waals surface area (Å²) in [6.07, 6.45) is 4.72. The van der Waals surface area contributed by atoms with Gasteiger partial charge in [0.15, 0.2) is 0 Å². The lowest BCUT2D eigenvalue weighted by atomic mass is 9.79. The van der Waals surface area contributed by atoms with Gasteiger partial charge in [-0.1, -0.05) is 12.8 Å². The molecular formula is C10H20N2O2. The van der Waals surface area contributed by atoms with Gasteiger partial charge in [0, 0.05) is 6.61 Å². The third-order valence-corrected chi connectivity index (χ3v) is 3.01. The molecule has 2 atom stereocenters. The summed E-state index contributed by atoms with van der Waals surface area (Å²) in [7, 11) is 0. The van der Waals surface area contributed by atoms with E-state index in [4.69, 9.17) is 10.8 Å². The van der Waals surface area contributed by atoms with Crippen molar-refractivity contribution in [3.8, 4) is 0 Å². The fourth-order valence-electron chi connectivity index (χ4n) is 2.17. The topological polar surface area (TPSA) is 75.4 Å². The number of rotatable bonds is 5. The van der Waals surface area contributed by atoms with E-state index in [1.807, 2.05) is 0 Å². The first kappa shape index (κ1) is 11.5. The largest absolute Gasteiger partial charge is 0.396 e. The Labute approximate surface area is 84.9 Å². The zero-order chi connectivity index (χ0) is 10.4. The van der Waals surface area contributed by atoms with Crippen LogP contribution in [0.2, 0.25) is 0 Å². The Morgan fingerprint density at radius 3 is 2.57 bits per heavy atom. The van der Waals surface area contributed by atoms with E-state index in [1.165, 1.54) is 12.8 Å². The number of nitrogens with two attached hydrogens (primary N) is 1. The molecule has 0 bridgehead atoms. The molecule has 0 heterocycles. The van der Waals surface area contributed by atoms with Gasteiger partial charge in [-0.15, -0.1) is 0 Å². The summed E-state index contributed by atoms with van der Waals surface area (Å²) in [6, 6.07) is 0. The van der Waals surface area contributed by atoms with E-state index in [0.29, 0.717) is 11.8 Å².